The SMILES string of the molecule is CN(C)C(=O)c1cc2cnc(Nc3ccc(C(=O)N4C=C5CCC(C4)N5)nn3)nc2n1C1CCCC1. The van der Waals surface area contributed by atoms with Gasteiger partial charge in [-0.2, -0.15) is 4.98 Å². The number of carbonyl (C=O) groups excluding carboxylic acids is 2. The van der Waals surface area contributed by atoms with Gasteiger partial charge in [-0.15, -0.1) is 10.2 Å². The summed E-state index contributed by atoms with van der Waals surface area (Å²) in [5.74, 6) is 0.590. The van der Waals surface area contributed by atoms with Crippen molar-refractivity contribution in [3.05, 3.63) is 47.7 Å². The fraction of sp³-hybridized carbons (Fsp3) is 0.440. The van der Waals surface area contributed by atoms with Gasteiger partial charge in [0.15, 0.2) is 11.5 Å². The number of hydrogen-bond donors (Lipinski definition) is 2. The van der Waals surface area contributed by atoms with E-state index in [0.29, 0.717) is 30.0 Å². The van der Waals surface area contributed by atoms with Gasteiger partial charge in [0.2, 0.25) is 5.95 Å². The Balaban J connectivity index is 1.25. The topological polar surface area (TPSA) is 121 Å². The third-order valence-corrected chi connectivity index (χ3v) is 7.16. The predicted molar refractivity (Wildman–Crippen MR) is 134 cm³/mol. The number of nitrogens with one attached hydrogen (secondary N) is 2. The van der Waals surface area contributed by atoms with Crippen LogP contribution in [0.2, 0.25) is 0 Å². The van der Waals surface area contributed by atoms with Crippen LogP contribution in [-0.2, 0) is 0 Å². The zero-order chi connectivity index (χ0) is 24.8. The standard InChI is InChI=1S/C25H29N9O2/c1-32(2)24(36)20-11-15-12-26-25(29-22(15)34(20)18-5-3-4-6-18)28-21-10-9-19(30-31-21)23(35)33-13-16-7-8-17(14-33)27-16/h9-13,17-18,27H,3-8,14H2,1-2H3,(H,26,28,29,31). The Hall–Kier alpha value is -4.02. The molecule has 186 valence electrons. The summed E-state index contributed by atoms with van der Waals surface area (Å²) < 4.78 is 2.07. The number of anilines is 2. The van der Waals surface area contributed by atoms with Gasteiger partial charge in [0.05, 0.1) is 0 Å². The molecule has 36 heavy (non-hydrogen) atoms. The van der Waals surface area contributed by atoms with Crippen molar-refractivity contribution in [1.29, 1.82) is 0 Å². The second-order valence-corrected chi connectivity index (χ2v) is 9.93. The van der Waals surface area contributed by atoms with E-state index in [9.17, 15) is 9.59 Å². The summed E-state index contributed by atoms with van der Waals surface area (Å²) >= 11 is 0. The number of aromatic nitrogens is 5. The number of rotatable bonds is 5. The van der Waals surface area contributed by atoms with Crippen LogP contribution in [0.1, 0.15) is 65.5 Å². The van der Waals surface area contributed by atoms with E-state index >= 15 is 0 Å². The summed E-state index contributed by atoms with van der Waals surface area (Å²) in [6.45, 7) is 0.636. The molecule has 3 aliphatic rings. The number of allylic oxidation sites excluding steroid dienone is 1. The van der Waals surface area contributed by atoms with Crippen LogP contribution in [0.25, 0.3) is 11.0 Å². The molecule has 2 bridgehead atoms. The van der Waals surface area contributed by atoms with E-state index in [2.05, 4.69) is 30.4 Å². The molecule has 2 N–H and O–H groups in total. The zero-order valence-corrected chi connectivity index (χ0v) is 20.4. The molecule has 5 heterocycles. The molecule has 0 aromatic carbocycles. The molecule has 2 aliphatic heterocycles. The highest BCUT2D eigenvalue weighted by Gasteiger charge is 2.30. The first-order chi connectivity index (χ1) is 17.5. The van der Waals surface area contributed by atoms with Crippen LogP contribution in [0, 0.1) is 0 Å². The first-order valence-corrected chi connectivity index (χ1v) is 12.4. The highest BCUT2D eigenvalue weighted by atomic mass is 16.2. The normalized spacial score (nSPS) is 19.3. The van der Waals surface area contributed by atoms with Crippen LogP contribution >= 0.6 is 0 Å². The van der Waals surface area contributed by atoms with Crippen LogP contribution in [0.5, 0.6) is 0 Å². The molecule has 0 spiro atoms. The average Bonchev–Trinajstić information content (AvgIpc) is 3.61. The Morgan fingerprint density at radius 3 is 2.69 bits per heavy atom. The molecule has 11 nitrogen and oxygen atoms in total. The maximum absolute atomic E-state index is 12.9. The van der Waals surface area contributed by atoms with E-state index in [0.717, 1.165) is 55.3 Å². The van der Waals surface area contributed by atoms with E-state index in [4.69, 9.17) is 4.98 Å². The van der Waals surface area contributed by atoms with Crippen LogP contribution in [0.15, 0.2) is 36.3 Å². The summed E-state index contributed by atoms with van der Waals surface area (Å²) in [4.78, 5) is 38.2. The van der Waals surface area contributed by atoms with Crippen LogP contribution in [0.4, 0.5) is 11.8 Å². The third-order valence-electron chi connectivity index (χ3n) is 7.16. The van der Waals surface area contributed by atoms with Gasteiger partial charge >= 0.3 is 0 Å². The monoisotopic (exact) mass is 487 g/mol. The molecule has 0 radical (unpaired) electrons. The van der Waals surface area contributed by atoms with Crippen molar-refractivity contribution in [3.63, 3.8) is 0 Å². The highest BCUT2D eigenvalue weighted by molar-refractivity contribution is 5.98. The second-order valence-electron chi connectivity index (χ2n) is 9.93. The quantitative estimate of drug-likeness (QED) is 0.564. The van der Waals surface area contributed by atoms with E-state index in [1.54, 1.807) is 42.2 Å². The lowest BCUT2D eigenvalue weighted by molar-refractivity contribution is 0.0796. The van der Waals surface area contributed by atoms with Gasteiger partial charge in [0.25, 0.3) is 11.8 Å². The van der Waals surface area contributed by atoms with Gasteiger partial charge in [0, 0.05) is 56.2 Å². The molecule has 1 unspecified atom stereocenters. The summed E-state index contributed by atoms with van der Waals surface area (Å²) in [5.41, 5.74) is 2.74. The molecule has 3 aromatic rings. The number of fused-ring (bicyclic) bond motifs is 3. The lowest BCUT2D eigenvalue weighted by Gasteiger charge is -2.26. The minimum atomic E-state index is -0.162. The van der Waals surface area contributed by atoms with Gasteiger partial charge in [0.1, 0.15) is 11.3 Å². The van der Waals surface area contributed by atoms with Gasteiger partial charge in [-0.3, -0.25) is 9.59 Å². The lowest BCUT2D eigenvalue weighted by Crippen LogP contribution is -2.42. The summed E-state index contributed by atoms with van der Waals surface area (Å²) in [6.07, 6.45) is 9.94. The van der Waals surface area contributed by atoms with Gasteiger partial charge in [-0.1, -0.05) is 12.8 Å². The lowest BCUT2D eigenvalue weighted by atomic mass is 10.2. The minimum Gasteiger partial charge on any atom is -0.383 e. The number of carbonyl (C=O) groups is 2. The molecule has 11 heteroatoms. The van der Waals surface area contributed by atoms with Crippen molar-refractivity contribution in [3.8, 4) is 0 Å². The van der Waals surface area contributed by atoms with E-state index in [-0.39, 0.29) is 23.6 Å². The Bertz CT molecular complexity index is 1360. The molecule has 1 saturated carbocycles. The van der Waals surface area contributed by atoms with Crippen molar-refractivity contribution < 1.29 is 9.59 Å². The molecule has 1 atom stereocenters. The molecular weight excluding hydrogens is 458 g/mol. The third kappa shape index (κ3) is 4.04. The Kier molecular flexibility index (Phi) is 5.54. The fourth-order valence-electron chi connectivity index (χ4n) is 5.36. The van der Waals surface area contributed by atoms with Crippen molar-refractivity contribution in [2.24, 2.45) is 0 Å². The van der Waals surface area contributed by atoms with Gasteiger partial charge in [-0.05, 0) is 43.9 Å². The van der Waals surface area contributed by atoms with Crippen molar-refractivity contribution in [2.75, 3.05) is 26.0 Å². The summed E-state index contributed by atoms with van der Waals surface area (Å²) in [5, 5.41) is 15.6. The van der Waals surface area contributed by atoms with Crippen molar-refractivity contribution in [1.82, 2.24) is 39.8 Å². The fourth-order valence-corrected chi connectivity index (χ4v) is 5.36. The van der Waals surface area contributed by atoms with Gasteiger partial charge < -0.3 is 25.0 Å². The summed E-state index contributed by atoms with van der Waals surface area (Å²) in [6, 6.07) is 5.79. The number of hydrogen-bond acceptors (Lipinski definition) is 8. The maximum Gasteiger partial charge on any atom is 0.278 e. The van der Waals surface area contributed by atoms with Crippen LogP contribution in [0.3, 0.4) is 0 Å². The minimum absolute atomic E-state index is 0.0475. The first-order valence-electron chi connectivity index (χ1n) is 12.4. The zero-order valence-electron chi connectivity index (χ0n) is 20.4. The summed E-state index contributed by atoms with van der Waals surface area (Å²) in [7, 11) is 3.52. The first kappa shape index (κ1) is 22.4. The molecule has 3 aromatic heterocycles. The maximum atomic E-state index is 12.9. The average molecular weight is 488 g/mol. The van der Waals surface area contributed by atoms with E-state index in [1.807, 2.05) is 12.3 Å². The molecule has 2 amide bonds. The van der Waals surface area contributed by atoms with Crippen molar-refractivity contribution in [2.45, 2.75) is 50.6 Å². The predicted octanol–water partition coefficient (Wildman–Crippen LogP) is 2.83. The molecule has 6 rings (SSSR count). The van der Waals surface area contributed by atoms with E-state index < -0.39 is 0 Å². The van der Waals surface area contributed by atoms with E-state index in [1.165, 1.54) is 0 Å². The highest BCUT2D eigenvalue weighted by Crippen LogP contribution is 2.35. The number of amides is 2. The van der Waals surface area contributed by atoms with Gasteiger partial charge in [-0.25, -0.2) is 4.98 Å². The molecule has 1 aliphatic carbocycles. The van der Waals surface area contributed by atoms with Crippen molar-refractivity contribution >= 4 is 34.6 Å². The second kappa shape index (κ2) is 8.89. The number of nitrogens with zero attached hydrogens (tertiary/aromatic N) is 7. The largest absolute Gasteiger partial charge is 0.383 e. The van der Waals surface area contributed by atoms with Crippen LogP contribution in [-0.4, -0.2) is 73.0 Å². The Labute approximate surface area is 208 Å². The molecular formula is C25H29N9O2. The molecule has 2 fully saturated rings. The Morgan fingerprint density at radius 1 is 1.14 bits per heavy atom. The van der Waals surface area contributed by atoms with Crippen LogP contribution < -0.4 is 10.6 Å². The molecule has 1 saturated heterocycles. The smallest absolute Gasteiger partial charge is 0.278 e. The Morgan fingerprint density at radius 2 is 1.97 bits per heavy atom.